The monoisotopic (exact) mass is 521 g/mol. The van der Waals surface area contributed by atoms with E-state index in [1.807, 2.05) is 18.2 Å². The van der Waals surface area contributed by atoms with Crippen molar-refractivity contribution in [3.05, 3.63) is 59.4 Å². The van der Waals surface area contributed by atoms with Crippen LogP contribution in [0, 0.1) is 6.92 Å². The largest absolute Gasteiger partial charge is 0.496 e. The van der Waals surface area contributed by atoms with Crippen LogP contribution < -0.4 is 15.4 Å². The number of fused-ring (bicyclic) bond motifs is 1. The molecule has 1 aromatic heterocycles. The van der Waals surface area contributed by atoms with E-state index in [-0.39, 0.29) is 24.0 Å². The number of halogens is 1. The lowest BCUT2D eigenvalue weighted by atomic mass is 10.1. The number of methoxy groups -OCH3 is 1. The van der Waals surface area contributed by atoms with Gasteiger partial charge in [0.25, 0.3) is 0 Å². The van der Waals surface area contributed by atoms with Gasteiger partial charge in [-0.3, -0.25) is 4.99 Å². The van der Waals surface area contributed by atoms with Crippen molar-refractivity contribution in [1.82, 2.24) is 20.6 Å². The Balaban J connectivity index is 0.00000320. The van der Waals surface area contributed by atoms with Crippen LogP contribution >= 0.6 is 24.0 Å². The Kier molecular flexibility index (Phi) is 9.93. The summed E-state index contributed by atoms with van der Waals surface area (Å²) in [6.45, 7) is 6.55. The molecule has 162 valence electrons. The smallest absolute Gasteiger partial charge is 0.191 e. The van der Waals surface area contributed by atoms with E-state index in [1.54, 1.807) is 7.11 Å². The number of aromatic nitrogens is 2. The zero-order chi connectivity index (χ0) is 20.5. The Hall–Kier alpha value is -2.29. The summed E-state index contributed by atoms with van der Waals surface area (Å²) in [5, 5.41) is 6.73. The number of ether oxygens (including phenoxy) is 1. The average molecular weight is 521 g/mol. The van der Waals surface area contributed by atoms with Crippen molar-refractivity contribution in [2.24, 2.45) is 4.99 Å². The molecule has 0 bridgehead atoms. The predicted octanol–water partition coefficient (Wildman–Crippen LogP) is 4.23. The molecule has 0 aliphatic carbocycles. The molecular weight excluding hydrogens is 489 g/mol. The molecule has 1 heterocycles. The average Bonchev–Trinajstić information content (AvgIpc) is 3.15. The SMILES string of the molecule is CCNC(=NCCCc1nc2ccccc2[nH]1)NCCc1ccc(C)c(OC)c1.I. The van der Waals surface area contributed by atoms with E-state index in [2.05, 4.69) is 63.7 Å². The van der Waals surface area contributed by atoms with E-state index in [0.29, 0.717) is 0 Å². The molecule has 3 aromatic rings. The lowest BCUT2D eigenvalue weighted by Gasteiger charge is -2.12. The molecule has 0 saturated carbocycles. The zero-order valence-electron chi connectivity index (χ0n) is 18.0. The highest BCUT2D eigenvalue weighted by molar-refractivity contribution is 14.0. The summed E-state index contributed by atoms with van der Waals surface area (Å²) in [5.74, 6) is 2.82. The quantitative estimate of drug-likeness (QED) is 0.171. The fourth-order valence-electron chi connectivity index (χ4n) is 3.25. The number of guanidine groups is 1. The van der Waals surface area contributed by atoms with Crippen LogP contribution in [0.1, 0.15) is 30.3 Å². The highest BCUT2D eigenvalue weighted by atomic mass is 127. The van der Waals surface area contributed by atoms with Crippen molar-refractivity contribution in [3.63, 3.8) is 0 Å². The maximum absolute atomic E-state index is 5.41. The van der Waals surface area contributed by atoms with E-state index >= 15 is 0 Å². The lowest BCUT2D eigenvalue weighted by molar-refractivity contribution is 0.411. The zero-order valence-corrected chi connectivity index (χ0v) is 20.3. The summed E-state index contributed by atoms with van der Waals surface area (Å²) in [7, 11) is 1.71. The molecule has 0 amide bonds. The second-order valence-electron chi connectivity index (χ2n) is 7.05. The molecule has 6 nitrogen and oxygen atoms in total. The van der Waals surface area contributed by atoms with Crippen molar-refractivity contribution in [2.45, 2.75) is 33.1 Å². The van der Waals surface area contributed by atoms with E-state index in [0.717, 1.165) is 73.0 Å². The van der Waals surface area contributed by atoms with Crippen LogP contribution in [0.15, 0.2) is 47.5 Å². The maximum atomic E-state index is 5.41. The topological polar surface area (TPSA) is 74.3 Å². The number of hydrogen-bond donors (Lipinski definition) is 3. The third kappa shape index (κ3) is 6.90. The first-order chi connectivity index (χ1) is 14.2. The van der Waals surface area contributed by atoms with E-state index < -0.39 is 0 Å². The standard InChI is InChI=1S/C23H31N5O.HI/c1-4-24-23(26-15-13-18-12-11-17(2)21(16-18)29-3)25-14-7-10-22-27-19-8-5-6-9-20(19)28-22;/h5-6,8-9,11-12,16H,4,7,10,13-15H2,1-3H3,(H,27,28)(H2,24,25,26);1H. The van der Waals surface area contributed by atoms with Gasteiger partial charge in [0.2, 0.25) is 0 Å². The summed E-state index contributed by atoms with van der Waals surface area (Å²) < 4.78 is 5.41. The molecule has 0 saturated heterocycles. The first-order valence-corrected chi connectivity index (χ1v) is 10.3. The molecule has 7 heteroatoms. The van der Waals surface area contributed by atoms with Gasteiger partial charge >= 0.3 is 0 Å². The van der Waals surface area contributed by atoms with Crippen LogP contribution in [-0.4, -0.2) is 42.7 Å². The summed E-state index contributed by atoms with van der Waals surface area (Å²) in [5.41, 5.74) is 4.52. The van der Waals surface area contributed by atoms with Crippen LogP contribution in [0.4, 0.5) is 0 Å². The van der Waals surface area contributed by atoms with Gasteiger partial charge < -0.3 is 20.4 Å². The van der Waals surface area contributed by atoms with Crippen LogP contribution in [0.5, 0.6) is 5.75 Å². The number of benzene rings is 2. The Morgan fingerprint density at radius 1 is 1.13 bits per heavy atom. The van der Waals surface area contributed by atoms with Crippen molar-refractivity contribution >= 4 is 41.0 Å². The molecular formula is C23H32IN5O. The van der Waals surface area contributed by atoms with Crippen molar-refractivity contribution < 1.29 is 4.74 Å². The van der Waals surface area contributed by atoms with Crippen LogP contribution in [-0.2, 0) is 12.8 Å². The first-order valence-electron chi connectivity index (χ1n) is 10.3. The van der Waals surface area contributed by atoms with E-state index in [4.69, 9.17) is 4.74 Å². The second kappa shape index (κ2) is 12.4. The van der Waals surface area contributed by atoms with Gasteiger partial charge in [0.15, 0.2) is 5.96 Å². The van der Waals surface area contributed by atoms with Crippen LogP contribution in [0.25, 0.3) is 11.0 Å². The number of rotatable bonds is 9. The number of para-hydroxylation sites is 2. The minimum absolute atomic E-state index is 0. The fraction of sp³-hybridized carbons (Fsp3) is 0.391. The molecule has 3 rings (SSSR count). The van der Waals surface area contributed by atoms with Gasteiger partial charge in [-0.25, -0.2) is 4.98 Å². The number of H-pyrrole nitrogens is 1. The molecule has 0 unspecified atom stereocenters. The maximum Gasteiger partial charge on any atom is 0.191 e. The van der Waals surface area contributed by atoms with Crippen LogP contribution in [0.2, 0.25) is 0 Å². The summed E-state index contributed by atoms with van der Waals surface area (Å²) in [6, 6.07) is 14.5. The minimum atomic E-state index is 0. The first kappa shape index (κ1) is 24.0. The van der Waals surface area contributed by atoms with Crippen LogP contribution in [0.3, 0.4) is 0 Å². The number of nitrogens with zero attached hydrogens (tertiary/aromatic N) is 2. The summed E-state index contributed by atoms with van der Waals surface area (Å²) >= 11 is 0. The van der Waals surface area contributed by atoms with Gasteiger partial charge in [0.05, 0.1) is 18.1 Å². The third-order valence-electron chi connectivity index (χ3n) is 4.80. The molecule has 0 fully saturated rings. The normalized spacial score (nSPS) is 11.2. The van der Waals surface area contributed by atoms with Gasteiger partial charge in [0.1, 0.15) is 11.6 Å². The number of nitrogens with one attached hydrogen (secondary N) is 3. The Morgan fingerprint density at radius 3 is 2.73 bits per heavy atom. The summed E-state index contributed by atoms with van der Waals surface area (Å²) in [4.78, 5) is 12.7. The van der Waals surface area contributed by atoms with Gasteiger partial charge in [0, 0.05) is 26.1 Å². The molecule has 0 radical (unpaired) electrons. The fourth-order valence-corrected chi connectivity index (χ4v) is 3.25. The van der Waals surface area contributed by atoms with Gasteiger partial charge in [-0.2, -0.15) is 0 Å². The summed E-state index contributed by atoms with van der Waals surface area (Å²) in [6.07, 6.45) is 2.76. The molecule has 0 aliphatic heterocycles. The van der Waals surface area contributed by atoms with Crippen molar-refractivity contribution in [3.8, 4) is 5.75 Å². The number of aliphatic imine (C=N–C) groups is 1. The molecule has 3 N–H and O–H groups in total. The highest BCUT2D eigenvalue weighted by Gasteiger charge is 2.03. The number of hydrogen-bond acceptors (Lipinski definition) is 3. The third-order valence-corrected chi connectivity index (χ3v) is 4.80. The molecule has 2 aromatic carbocycles. The Bertz CT molecular complexity index is 921. The van der Waals surface area contributed by atoms with E-state index in [9.17, 15) is 0 Å². The Morgan fingerprint density at radius 2 is 1.97 bits per heavy atom. The number of aryl methyl sites for hydroxylation is 2. The van der Waals surface area contributed by atoms with Crippen molar-refractivity contribution in [2.75, 3.05) is 26.7 Å². The van der Waals surface area contributed by atoms with Gasteiger partial charge in [-0.05, 0) is 56.0 Å². The Labute approximate surface area is 196 Å². The lowest BCUT2D eigenvalue weighted by Crippen LogP contribution is -2.38. The number of imidazole rings is 1. The minimum Gasteiger partial charge on any atom is -0.496 e. The highest BCUT2D eigenvalue weighted by Crippen LogP contribution is 2.19. The molecule has 0 aliphatic rings. The van der Waals surface area contributed by atoms with E-state index in [1.165, 1.54) is 5.56 Å². The molecule has 0 spiro atoms. The van der Waals surface area contributed by atoms with Gasteiger partial charge in [-0.1, -0.05) is 24.3 Å². The second-order valence-corrected chi connectivity index (χ2v) is 7.05. The number of aromatic amines is 1. The molecule has 0 atom stereocenters. The van der Waals surface area contributed by atoms with Crippen molar-refractivity contribution in [1.29, 1.82) is 0 Å². The van der Waals surface area contributed by atoms with Gasteiger partial charge in [-0.15, -0.1) is 24.0 Å². The molecule has 30 heavy (non-hydrogen) atoms. The predicted molar refractivity (Wildman–Crippen MR) is 135 cm³/mol.